The van der Waals surface area contributed by atoms with Crippen molar-refractivity contribution in [3.8, 4) is 22.8 Å². The maximum absolute atomic E-state index is 13.3. The van der Waals surface area contributed by atoms with E-state index in [1.165, 1.54) is 0 Å². The number of benzene rings is 2. The number of amides is 3. The van der Waals surface area contributed by atoms with Gasteiger partial charge in [-0.1, -0.05) is 102 Å². The van der Waals surface area contributed by atoms with Crippen molar-refractivity contribution in [1.82, 2.24) is 25.3 Å². The molecule has 55 heavy (non-hydrogen) atoms. The van der Waals surface area contributed by atoms with Gasteiger partial charge in [-0.3, -0.25) is 14.4 Å². The van der Waals surface area contributed by atoms with Crippen LogP contribution in [0.1, 0.15) is 110 Å². The van der Waals surface area contributed by atoms with Gasteiger partial charge in [0.05, 0.1) is 12.7 Å². The highest BCUT2D eigenvalue weighted by molar-refractivity contribution is 5.88. The van der Waals surface area contributed by atoms with E-state index in [0.717, 1.165) is 56.9 Å². The second kappa shape index (κ2) is 20.8. The number of likely N-dealkylation sites (N-methyl/N-ethyl adjacent to an activating group) is 1. The summed E-state index contributed by atoms with van der Waals surface area (Å²) in [7, 11) is 1.83. The number of aliphatic hydroxyl groups is 1. The van der Waals surface area contributed by atoms with Crippen LogP contribution in [-0.4, -0.2) is 92.9 Å². The molecule has 1 unspecified atom stereocenters. The first kappa shape index (κ1) is 43.0. The van der Waals surface area contributed by atoms with Gasteiger partial charge in [0.2, 0.25) is 17.7 Å². The van der Waals surface area contributed by atoms with Gasteiger partial charge < -0.3 is 35.8 Å². The topological polar surface area (TPSA) is 171 Å². The Balaban J connectivity index is 1.13. The first-order valence-electron chi connectivity index (χ1n) is 19.9. The van der Waals surface area contributed by atoms with E-state index >= 15 is 0 Å². The molecular weight excluding hydrogens is 697 g/mol. The summed E-state index contributed by atoms with van der Waals surface area (Å²) in [4.78, 5) is 42.7. The summed E-state index contributed by atoms with van der Waals surface area (Å²) in [5.41, 5.74) is 7.69. The summed E-state index contributed by atoms with van der Waals surface area (Å²) in [6.45, 7) is 8.86. The molecule has 300 valence electrons. The Hall–Kier alpha value is -4.71. The van der Waals surface area contributed by atoms with Crippen molar-refractivity contribution in [2.24, 2.45) is 5.41 Å². The molecule has 4 rings (SSSR count). The van der Waals surface area contributed by atoms with Crippen molar-refractivity contribution in [1.29, 1.82) is 0 Å². The fourth-order valence-corrected chi connectivity index (χ4v) is 7.09. The molecule has 4 atom stereocenters. The molecule has 12 nitrogen and oxygen atoms in total. The monoisotopic (exact) mass is 758 g/mol. The second-order valence-electron chi connectivity index (χ2n) is 16.1. The number of carbonyl (C=O) groups excluding carboxylic acids is 3. The predicted molar refractivity (Wildman–Crippen MR) is 215 cm³/mol. The zero-order valence-electron chi connectivity index (χ0n) is 33.4. The van der Waals surface area contributed by atoms with Gasteiger partial charge in [0, 0.05) is 56.6 Å². The molecule has 2 heterocycles. The van der Waals surface area contributed by atoms with Gasteiger partial charge in [-0.25, -0.2) is 0 Å². The molecule has 0 aliphatic carbocycles. The number of likely N-dealkylation sites (tertiary alicyclic amines) is 1. The summed E-state index contributed by atoms with van der Waals surface area (Å²) < 4.78 is 6.18. The van der Waals surface area contributed by atoms with Crippen LogP contribution in [0.3, 0.4) is 0 Å². The van der Waals surface area contributed by atoms with Crippen molar-refractivity contribution >= 4 is 23.5 Å². The first-order valence-corrected chi connectivity index (χ1v) is 19.9. The number of aromatic hydroxyl groups is 1. The number of nitrogens with two attached hydrogens (primary N) is 1. The SMILES string of the molecule is C[C@@H]1C[C@@H](O)CN1C(=O)[C@@H](NC(=O)CCCCCCCCCCC(=O)N(C)CC(COc1cc(-c2ccccc2O)nnc1N)c1ccccc1)C(C)(C)C. The number of para-hydroxylation sites is 1. The molecule has 1 aliphatic heterocycles. The van der Waals surface area contributed by atoms with Gasteiger partial charge in [0.1, 0.15) is 17.5 Å². The number of aliphatic hydroxyl groups excluding tert-OH is 1. The van der Waals surface area contributed by atoms with Crippen molar-refractivity contribution in [2.75, 3.05) is 32.5 Å². The van der Waals surface area contributed by atoms with Crippen LogP contribution in [0.5, 0.6) is 11.5 Å². The molecule has 0 spiro atoms. The lowest BCUT2D eigenvalue weighted by Crippen LogP contribution is -2.55. The molecule has 5 N–H and O–H groups in total. The van der Waals surface area contributed by atoms with Crippen molar-refractivity contribution in [2.45, 2.75) is 122 Å². The third-order valence-electron chi connectivity index (χ3n) is 10.4. The van der Waals surface area contributed by atoms with E-state index in [-0.39, 0.29) is 47.9 Å². The minimum atomic E-state index is -0.624. The van der Waals surface area contributed by atoms with E-state index in [4.69, 9.17) is 10.5 Å². The number of phenolic OH excluding ortho intramolecular Hbond substituents is 1. The zero-order valence-corrected chi connectivity index (χ0v) is 33.4. The molecule has 1 aliphatic rings. The van der Waals surface area contributed by atoms with Gasteiger partial charge >= 0.3 is 0 Å². The Labute approximate surface area is 326 Å². The Morgan fingerprint density at radius 1 is 0.945 bits per heavy atom. The first-order chi connectivity index (χ1) is 26.2. The van der Waals surface area contributed by atoms with E-state index in [0.29, 0.717) is 49.4 Å². The number of rotatable bonds is 20. The quantitative estimate of drug-likeness (QED) is 0.0944. The average molecular weight is 759 g/mol. The number of ether oxygens (including phenoxy) is 1. The molecule has 0 radical (unpaired) electrons. The Morgan fingerprint density at radius 2 is 1.56 bits per heavy atom. The lowest BCUT2D eigenvalue weighted by Gasteiger charge is -2.35. The van der Waals surface area contributed by atoms with Crippen molar-refractivity contribution < 1.29 is 29.3 Å². The Kier molecular flexibility index (Phi) is 16.3. The Morgan fingerprint density at radius 3 is 2.18 bits per heavy atom. The van der Waals surface area contributed by atoms with Crippen LogP contribution in [0.4, 0.5) is 5.82 Å². The summed E-state index contributed by atoms with van der Waals surface area (Å²) in [6.07, 6.45) is 8.72. The fourth-order valence-electron chi connectivity index (χ4n) is 7.09. The molecule has 1 fully saturated rings. The van der Waals surface area contributed by atoms with Crippen LogP contribution < -0.4 is 15.8 Å². The van der Waals surface area contributed by atoms with Gasteiger partial charge in [0.25, 0.3) is 0 Å². The van der Waals surface area contributed by atoms with E-state index < -0.39 is 17.6 Å². The van der Waals surface area contributed by atoms with E-state index in [9.17, 15) is 24.6 Å². The number of nitrogens with one attached hydrogen (secondary N) is 1. The molecule has 12 heteroatoms. The number of nitrogens with zero attached hydrogens (tertiary/aromatic N) is 4. The summed E-state index contributed by atoms with van der Waals surface area (Å²) >= 11 is 0. The van der Waals surface area contributed by atoms with E-state index in [2.05, 4.69) is 15.5 Å². The smallest absolute Gasteiger partial charge is 0.246 e. The minimum Gasteiger partial charge on any atom is -0.507 e. The molecule has 0 bridgehead atoms. The van der Waals surface area contributed by atoms with Gasteiger partial charge in [-0.05, 0) is 49.3 Å². The standard InChI is InChI=1S/C43H62N6O6/c1-30-25-33(50)28-49(30)42(54)40(43(2,3)4)45-38(52)23-15-10-8-6-7-9-11-16-24-39(53)48(5)27-32(31-19-13-12-14-20-31)29-55-37-26-35(46-47-41(37)44)34-21-17-18-22-36(34)51/h12-14,17-22,26,30,32-33,40,50-51H,6-11,15-16,23-25,27-29H2,1-5H3,(H2,44,47)(H,45,52)/t30-,32?,33-,40-/m1/s1. The number of hydrogen-bond acceptors (Lipinski definition) is 9. The maximum atomic E-state index is 13.3. The Bertz CT molecular complexity index is 1680. The van der Waals surface area contributed by atoms with Gasteiger partial charge in [-0.15, -0.1) is 10.2 Å². The van der Waals surface area contributed by atoms with E-state index in [1.54, 1.807) is 40.1 Å². The van der Waals surface area contributed by atoms with Crippen LogP contribution in [0, 0.1) is 5.41 Å². The fraction of sp³-hybridized carbons (Fsp3) is 0.558. The lowest BCUT2D eigenvalue weighted by atomic mass is 9.85. The van der Waals surface area contributed by atoms with Crippen molar-refractivity contribution in [3.63, 3.8) is 0 Å². The minimum absolute atomic E-state index is 0.0400. The number of carbonyl (C=O) groups is 3. The highest BCUT2D eigenvalue weighted by atomic mass is 16.5. The van der Waals surface area contributed by atoms with Crippen LogP contribution in [-0.2, 0) is 14.4 Å². The number of phenols is 1. The molecule has 3 amide bonds. The van der Waals surface area contributed by atoms with Crippen LogP contribution in [0.25, 0.3) is 11.3 Å². The number of β-amino-alcohol motifs (C(OH)–C–C–N with tert-alkyl or cyclic N) is 1. The molecular formula is C43H62N6O6. The van der Waals surface area contributed by atoms with Gasteiger partial charge in [0.15, 0.2) is 11.6 Å². The number of unbranched alkanes of at least 4 members (excludes halogenated alkanes) is 7. The molecule has 1 saturated heterocycles. The second-order valence-corrected chi connectivity index (χ2v) is 16.1. The summed E-state index contributed by atoms with van der Waals surface area (Å²) in [5, 5.41) is 31.5. The zero-order chi connectivity index (χ0) is 40.0. The molecule has 2 aromatic carbocycles. The average Bonchev–Trinajstić information content (AvgIpc) is 3.50. The lowest BCUT2D eigenvalue weighted by molar-refractivity contribution is -0.140. The summed E-state index contributed by atoms with van der Waals surface area (Å²) in [6, 6.07) is 17.8. The number of nitrogen functional groups attached to an aromatic ring is 1. The number of aromatic nitrogens is 2. The van der Waals surface area contributed by atoms with E-state index in [1.807, 2.05) is 65.1 Å². The highest BCUT2D eigenvalue weighted by Gasteiger charge is 2.40. The van der Waals surface area contributed by atoms with Crippen LogP contribution in [0.2, 0.25) is 0 Å². The van der Waals surface area contributed by atoms with Crippen LogP contribution in [0.15, 0.2) is 60.7 Å². The van der Waals surface area contributed by atoms with Gasteiger partial charge in [-0.2, -0.15) is 0 Å². The third kappa shape index (κ3) is 13.2. The largest absolute Gasteiger partial charge is 0.507 e. The normalized spacial score (nSPS) is 16.7. The molecule has 3 aromatic rings. The van der Waals surface area contributed by atoms with Crippen LogP contribution >= 0.6 is 0 Å². The third-order valence-corrected chi connectivity index (χ3v) is 10.4. The predicted octanol–water partition coefficient (Wildman–Crippen LogP) is 6.47. The highest BCUT2D eigenvalue weighted by Crippen LogP contribution is 2.32. The van der Waals surface area contributed by atoms with Crippen molar-refractivity contribution in [3.05, 3.63) is 66.2 Å². The molecule has 1 aromatic heterocycles. The molecule has 0 saturated carbocycles. The number of anilines is 1. The number of hydrogen-bond donors (Lipinski definition) is 4. The summed E-state index contributed by atoms with van der Waals surface area (Å²) in [5.74, 6) is 0.349. The maximum Gasteiger partial charge on any atom is 0.246 e.